The molecular formula is C12H19NO3. The lowest BCUT2D eigenvalue weighted by atomic mass is 10.0. The van der Waals surface area contributed by atoms with Crippen LogP contribution in [-0.2, 0) is 0 Å². The van der Waals surface area contributed by atoms with Gasteiger partial charge in [-0.2, -0.15) is 0 Å². The van der Waals surface area contributed by atoms with E-state index < -0.39 is 5.54 Å². The maximum atomic E-state index is 11.9. The van der Waals surface area contributed by atoms with Crippen molar-refractivity contribution < 1.29 is 14.3 Å². The predicted molar refractivity (Wildman–Crippen MR) is 61.4 cm³/mol. The number of aryl methyl sites for hydroxylation is 2. The van der Waals surface area contributed by atoms with Gasteiger partial charge in [0, 0.05) is 12.1 Å². The molecule has 4 nitrogen and oxygen atoms in total. The van der Waals surface area contributed by atoms with Crippen molar-refractivity contribution in [3.63, 3.8) is 0 Å². The molecule has 0 fully saturated rings. The highest BCUT2D eigenvalue weighted by atomic mass is 16.3. The van der Waals surface area contributed by atoms with E-state index in [0.29, 0.717) is 17.7 Å². The maximum absolute atomic E-state index is 11.9. The fourth-order valence-corrected chi connectivity index (χ4v) is 1.57. The highest BCUT2D eigenvalue weighted by Gasteiger charge is 2.22. The van der Waals surface area contributed by atoms with Crippen LogP contribution in [0.3, 0.4) is 0 Å². The van der Waals surface area contributed by atoms with Gasteiger partial charge in [0.05, 0.1) is 5.56 Å². The molecule has 4 heteroatoms. The molecule has 0 saturated carbocycles. The maximum Gasteiger partial charge on any atom is 0.255 e. The molecule has 0 radical (unpaired) electrons. The quantitative estimate of drug-likeness (QED) is 0.821. The zero-order valence-electron chi connectivity index (χ0n) is 10.3. The Morgan fingerprint density at radius 3 is 2.56 bits per heavy atom. The van der Waals surface area contributed by atoms with Gasteiger partial charge in [-0.3, -0.25) is 4.79 Å². The number of carbonyl (C=O) groups is 1. The first-order chi connectivity index (χ1) is 7.35. The first kappa shape index (κ1) is 12.8. The molecule has 90 valence electrons. The fourth-order valence-electron chi connectivity index (χ4n) is 1.57. The Morgan fingerprint density at radius 1 is 1.50 bits per heavy atom. The van der Waals surface area contributed by atoms with Crippen molar-refractivity contribution in [3.05, 3.63) is 23.2 Å². The average molecular weight is 225 g/mol. The van der Waals surface area contributed by atoms with Crippen LogP contribution in [0.5, 0.6) is 0 Å². The molecule has 1 heterocycles. The van der Waals surface area contributed by atoms with Crippen LogP contribution in [0, 0.1) is 13.8 Å². The van der Waals surface area contributed by atoms with E-state index in [2.05, 4.69) is 5.32 Å². The Hall–Kier alpha value is -1.29. The van der Waals surface area contributed by atoms with E-state index in [0.717, 1.165) is 5.76 Å². The molecule has 1 rings (SSSR count). The number of nitrogens with one attached hydrogen (secondary N) is 1. The molecule has 0 bridgehead atoms. The predicted octanol–water partition coefficient (Wildman–Crippen LogP) is 1.79. The van der Waals surface area contributed by atoms with Crippen molar-refractivity contribution in [2.24, 2.45) is 0 Å². The van der Waals surface area contributed by atoms with Gasteiger partial charge in [-0.1, -0.05) is 0 Å². The summed E-state index contributed by atoms with van der Waals surface area (Å²) in [5, 5.41) is 11.7. The lowest BCUT2D eigenvalue weighted by Gasteiger charge is -2.25. The largest absolute Gasteiger partial charge is 0.466 e. The molecule has 1 aromatic rings. The highest BCUT2D eigenvalue weighted by molar-refractivity contribution is 5.95. The van der Waals surface area contributed by atoms with E-state index in [9.17, 15) is 4.79 Å². The lowest BCUT2D eigenvalue weighted by Crippen LogP contribution is -2.44. The SMILES string of the molecule is Cc1cc(C(=O)NC(C)(C)CCO)c(C)o1. The molecule has 16 heavy (non-hydrogen) atoms. The summed E-state index contributed by atoms with van der Waals surface area (Å²) in [5.41, 5.74) is 0.146. The minimum Gasteiger partial charge on any atom is -0.466 e. The fraction of sp³-hybridized carbons (Fsp3) is 0.583. The van der Waals surface area contributed by atoms with Crippen LogP contribution in [0.15, 0.2) is 10.5 Å². The molecule has 0 aromatic carbocycles. The number of carbonyl (C=O) groups excluding carboxylic acids is 1. The minimum atomic E-state index is -0.413. The summed E-state index contributed by atoms with van der Waals surface area (Å²) in [7, 11) is 0. The van der Waals surface area contributed by atoms with Gasteiger partial charge < -0.3 is 14.8 Å². The second kappa shape index (κ2) is 4.70. The normalized spacial score (nSPS) is 11.6. The first-order valence-electron chi connectivity index (χ1n) is 5.36. The molecule has 0 aliphatic heterocycles. The summed E-state index contributed by atoms with van der Waals surface area (Å²) in [6.07, 6.45) is 0.522. The second-order valence-corrected chi connectivity index (χ2v) is 4.64. The van der Waals surface area contributed by atoms with Crippen molar-refractivity contribution in [2.75, 3.05) is 6.61 Å². The smallest absolute Gasteiger partial charge is 0.255 e. The van der Waals surface area contributed by atoms with Crippen molar-refractivity contribution in [2.45, 2.75) is 39.7 Å². The number of aliphatic hydroxyl groups is 1. The second-order valence-electron chi connectivity index (χ2n) is 4.64. The Morgan fingerprint density at radius 2 is 2.12 bits per heavy atom. The summed E-state index contributed by atoms with van der Waals surface area (Å²) in [4.78, 5) is 11.9. The molecule has 1 amide bonds. The van der Waals surface area contributed by atoms with Gasteiger partial charge in [0.1, 0.15) is 11.5 Å². The van der Waals surface area contributed by atoms with Crippen molar-refractivity contribution in [1.29, 1.82) is 0 Å². The van der Waals surface area contributed by atoms with E-state index in [1.807, 2.05) is 20.8 Å². The van der Waals surface area contributed by atoms with Gasteiger partial charge >= 0.3 is 0 Å². The Kier molecular flexibility index (Phi) is 3.75. The van der Waals surface area contributed by atoms with Crippen molar-refractivity contribution in [3.8, 4) is 0 Å². The first-order valence-corrected chi connectivity index (χ1v) is 5.36. The van der Waals surface area contributed by atoms with E-state index >= 15 is 0 Å². The molecule has 0 aliphatic rings. The van der Waals surface area contributed by atoms with Gasteiger partial charge in [-0.25, -0.2) is 0 Å². The number of furan rings is 1. The van der Waals surface area contributed by atoms with Gasteiger partial charge in [-0.15, -0.1) is 0 Å². The van der Waals surface area contributed by atoms with Crippen LogP contribution in [0.1, 0.15) is 42.1 Å². The Labute approximate surface area is 95.7 Å². The molecule has 0 atom stereocenters. The summed E-state index contributed by atoms with van der Waals surface area (Å²) < 4.78 is 5.30. The molecule has 0 aliphatic carbocycles. The lowest BCUT2D eigenvalue weighted by molar-refractivity contribution is 0.0898. The van der Waals surface area contributed by atoms with Gasteiger partial charge in [0.15, 0.2) is 0 Å². The third-order valence-electron chi connectivity index (χ3n) is 2.47. The molecule has 0 unspecified atom stereocenters. The Balaban J connectivity index is 2.76. The van der Waals surface area contributed by atoms with E-state index in [1.165, 1.54) is 0 Å². The monoisotopic (exact) mass is 225 g/mol. The Bertz CT molecular complexity index is 380. The number of aliphatic hydroxyl groups excluding tert-OH is 1. The van der Waals surface area contributed by atoms with Crippen LogP contribution >= 0.6 is 0 Å². The summed E-state index contributed by atoms with van der Waals surface area (Å²) in [6.45, 7) is 7.38. The summed E-state index contributed by atoms with van der Waals surface area (Å²) >= 11 is 0. The number of hydrogen-bond acceptors (Lipinski definition) is 3. The summed E-state index contributed by atoms with van der Waals surface area (Å²) in [5.74, 6) is 1.19. The number of rotatable bonds is 4. The molecule has 2 N–H and O–H groups in total. The molecular weight excluding hydrogens is 206 g/mol. The van der Waals surface area contributed by atoms with Crippen LogP contribution < -0.4 is 5.32 Å². The number of hydrogen-bond donors (Lipinski definition) is 2. The van der Waals surface area contributed by atoms with Crippen molar-refractivity contribution in [1.82, 2.24) is 5.32 Å². The zero-order chi connectivity index (χ0) is 12.3. The van der Waals surface area contributed by atoms with E-state index in [-0.39, 0.29) is 12.5 Å². The molecule has 1 aromatic heterocycles. The zero-order valence-corrected chi connectivity index (χ0v) is 10.3. The third kappa shape index (κ3) is 3.10. The number of amides is 1. The van der Waals surface area contributed by atoms with Crippen LogP contribution in [0.4, 0.5) is 0 Å². The van der Waals surface area contributed by atoms with Crippen LogP contribution in [-0.4, -0.2) is 23.2 Å². The van der Waals surface area contributed by atoms with Gasteiger partial charge in [-0.05, 0) is 40.2 Å². The standard InChI is InChI=1S/C12H19NO3/c1-8-7-10(9(2)16-8)11(15)13-12(3,4)5-6-14/h7,14H,5-6H2,1-4H3,(H,13,15). The molecule has 0 saturated heterocycles. The average Bonchev–Trinajstić information content (AvgIpc) is 2.44. The highest BCUT2D eigenvalue weighted by Crippen LogP contribution is 2.15. The molecule has 0 spiro atoms. The van der Waals surface area contributed by atoms with Gasteiger partial charge in [0.2, 0.25) is 0 Å². The van der Waals surface area contributed by atoms with Crippen molar-refractivity contribution >= 4 is 5.91 Å². The van der Waals surface area contributed by atoms with Gasteiger partial charge in [0.25, 0.3) is 5.91 Å². The van der Waals surface area contributed by atoms with E-state index in [4.69, 9.17) is 9.52 Å². The van der Waals surface area contributed by atoms with Crippen LogP contribution in [0.2, 0.25) is 0 Å². The summed E-state index contributed by atoms with van der Waals surface area (Å²) in [6, 6.07) is 1.72. The van der Waals surface area contributed by atoms with Crippen LogP contribution in [0.25, 0.3) is 0 Å². The third-order valence-corrected chi connectivity index (χ3v) is 2.47. The minimum absolute atomic E-state index is 0.0523. The topological polar surface area (TPSA) is 62.5 Å². The van der Waals surface area contributed by atoms with E-state index in [1.54, 1.807) is 13.0 Å².